The number of benzene rings is 3. The zero-order valence-electron chi connectivity index (χ0n) is 17.3. The molecule has 3 aromatic rings. The highest BCUT2D eigenvalue weighted by molar-refractivity contribution is 5.63. The average Bonchev–Trinajstić information content (AvgIpc) is 2.73. The van der Waals surface area contributed by atoms with E-state index in [0.717, 1.165) is 23.3 Å². The summed E-state index contributed by atoms with van der Waals surface area (Å²) in [6.45, 7) is -0.816. The fourth-order valence-electron chi connectivity index (χ4n) is 3.32. The number of alkyl halides is 6. The summed E-state index contributed by atoms with van der Waals surface area (Å²) in [5.74, 6) is -0.469. The van der Waals surface area contributed by atoms with Crippen LogP contribution in [0.3, 0.4) is 0 Å². The third-order valence-electron chi connectivity index (χ3n) is 4.81. The van der Waals surface area contributed by atoms with Crippen molar-refractivity contribution in [1.82, 2.24) is 4.90 Å². The van der Waals surface area contributed by atoms with E-state index in [2.05, 4.69) is 4.74 Å². The van der Waals surface area contributed by atoms with Crippen molar-refractivity contribution in [3.63, 3.8) is 0 Å². The zero-order valence-corrected chi connectivity index (χ0v) is 17.3. The van der Waals surface area contributed by atoms with E-state index >= 15 is 0 Å². The molecule has 0 saturated carbocycles. The van der Waals surface area contributed by atoms with E-state index in [1.807, 2.05) is 42.5 Å². The van der Waals surface area contributed by atoms with Crippen LogP contribution in [-0.4, -0.2) is 35.2 Å². The Morgan fingerprint density at radius 2 is 1.33 bits per heavy atom. The molecule has 3 rings (SSSR count). The number of rotatable bonds is 8. The van der Waals surface area contributed by atoms with Gasteiger partial charge in [-0.25, -0.2) is 0 Å². The van der Waals surface area contributed by atoms with E-state index in [-0.39, 0.29) is 13.1 Å². The monoisotopic (exact) mass is 469 g/mol. The number of hydrogen-bond acceptors (Lipinski definition) is 3. The summed E-state index contributed by atoms with van der Waals surface area (Å²) < 4.78 is 80.2. The molecule has 0 aliphatic rings. The molecule has 1 N–H and O–H groups in total. The predicted molar refractivity (Wildman–Crippen MR) is 111 cm³/mol. The normalized spacial score (nSPS) is 13.2. The Morgan fingerprint density at radius 3 is 1.94 bits per heavy atom. The van der Waals surface area contributed by atoms with Crippen LogP contribution in [0.5, 0.6) is 5.75 Å². The summed E-state index contributed by atoms with van der Waals surface area (Å²) in [4.78, 5) is 1.32. The Kier molecular flexibility index (Phi) is 7.65. The van der Waals surface area contributed by atoms with Crippen LogP contribution >= 0.6 is 0 Å². The summed E-state index contributed by atoms with van der Waals surface area (Å²) in [7, 11) is 0. The molecule has 0 fully saturated rings. The molecule has 9 heteroatoms. The molecule has 0 aromatic heterocycles. The number of halogens is 6. The van der Waals surface area contributed by atoms with Gasteiger partial charge in [0.2, 0.25) is 0 Å². The molecule has 0 amide bonds. The van der Waals surface area contributed by atoms with Gasteiger partial charge in [0.15, 0.2) is 6.10 Å². The number of hydrogen-bond donors (Lipinski definition) is 1. The molecule has 0 bridgehead atoms. The van der Waals surface area contributed by atoms with Crippen molar-refractivity contribution in [2.75, 3.05) is 6.54 Å². The first kappa shape index (κ1) is 24.6. The molecule has 0 heterocycles. The van der Waals surface area contributed by atoms with Crippen LogP contribution in [0.2, 0.25) is 0 Å². The predicted octanol–water partition coefficient (Wildman–Crippen LogP) is 6.18. The molecule has 0 radical (unpaired) electrons. The van der Waals surface area contributed by atoms with Crippen LogP contribution in [-0.2, 0) is 13.1 Å². The maximum atomic E-state index is 13.0. The summed E-state index contributed by atoms with van der Waals surface area (Å²) in [5, 5.41) is 9.57. The lowest BCUT2D eigenvalue weighted by Gasteiger charge is -2.26. The smallest absolute Gasteiger partial charge is 0.406 e. The molecule has 0 aliphatic carbocycles. The second-order valence-corrected chi connectivity index (χ2v) is 7.49. The lowest BCUT2D eigenvalue weighted by molar-refractivity contribution is -0.274. The molecule has 0 saturated heterocycles. The van der Waals surface area contributed by atoms with Crippen molar-refractivity contribution in [3.8, 4) is 16.9 Å². The zero-order chi connectivity index (χ0) is 24.1. The van der Waals surface area contributed by atoms with Gasteiger partial charge in [-0.05, 0) is 34.4 Å². The molecular weight excluding hydrogens is 448 g/mol. The second kappa shape index (κ2) is 10.3. The van der Waals surface area contributed by atoms with Crippen LogP contribution in [0.1, 0.15) is 11.1 Å². The highest BCUT2D eigenvalue weighted by atomic mass is 19.4. The minimum Gasteiger partial charge on any atom is -0.406 e. The summed E-state index contributed by atoms with van der Waals surface area (Å²) in [6.07, 6.45) is -12.3. The molecule has 1 atom stereocenters. The second-order valence-electron chi connectivity index (χ2n) is 7.49. The summed E-state index contributed by atoms with van der Waals surface area (Å²) in [6, 6.07) is 21.7. The van der Waals surface area contributed by atoms with Crippen molar-refractivity contribution in [2.24, 2.45) is 0 Å². The van der Waals surface area contributed by atoms with Gasteiger partial charge in [-0.3, -0.25) is 4.90 Å². The Morgan fingerprint density at radius 1 is 0.727 bits per heavy atom. The molecule has 33 heavy (non-hydrogen) atoms. The van der Waals surface area contributed by atoms with E-state index < -0.39 is 30.9 Å². The summed E-state index contributed by atoms with van der Waals surface area (Å²) in [5.41, 5.74) is 2.91. The number of aliphatic hydroxyl groups is 1. The van der Waals surface area contributed by atoms with Crippen molar-refractivity contribution in [1.29, 1.82) is 0 Å². The SMILES string of the molecule is OC(CN(Cc1ccc(-c2ccccc2)cc1)Cc1cccc(OC(F)(F)F)c1)C(F)(F)F. The van der Waals surface area contributed by atoms with Gasteiger partial charge >= 0.3 is 12.5 Å². The number of nitrogens with zero attached hydrogens (tertiary/aromatic N) is 1. The lowest BCUT2D eigenvalue weighted by Crippen LogP contribution is -2.40. The Labute approximate surface area is 186 Å². The van der Waals surface area contributed by atoms with Crippen molar-refractivity contribution < 1.29 is 36.2 Å². The third-order valence-corrected chi connectivity index (χ3v) is 4.81. The molecule has 3 aromatic carbocycles. The standard InChI is InChI=1S/C24H21F6NO2/c25-23(26,27)22(32)16-31(15-18-5-4-8-21(13-18)33-24(28,29)30)14-17-9-11-20(12-10-17)19-6-2-1-3-7-19/h1-13,22,32H,14-16H2. The maximum absolute atomic E-state index is 13.0. The van der Waals surface area contributed by atoms with Gasteiger partial charge in [0, 0.05) is 19.6 Å². The minimum atomic E-state index is -4.88. The summed E-state index contributed by atoms with van der Waals surface area (Å²) >= 11 is 0. The van der Waals surface area contributed by atoms with Crippen LogP contribution in [0.4, 0.5) is 26.3 Å². The fraction of sp³-hybridized carbons (Fsp3) is 0.250. The van der Waals surface area contributed by atoms with Crippen LogP contribution < -0.4 is 4.74 Å². The Balaban J connectivity index is 1.78. The van der Waals surface area contributed by atoms with Crippen molar-refractivity contribution in [2.45, 2.75) is 31.7 Å². The first-order valence-electron chi connectivity index (χ1n) is 9.96. The quantitative estimate of drug-likeness (QED) is 0.400. The first-order valence-corrected chi connectivity index (χ1v) is 9.96. The highest BCUT2D eigenvalue weighted by Gasteiger charge is 2.39. The number of ether oxygens (including phenoxy) is 1. The van der Waals surface area contributed by atoms with Crippen LogP contribution in [0.15, 0.2) is 78.9 Å². The highest BCUT2D eigenvalue weighted by Crippen LogP contribution is 2.26. The topological polar surface area (TPSA) is 32.7 Å². The maximum Gasteiger partial charge on any atom is 0.573 e. The van der Waals surface area contributed by atoms with E-state index in [1.54, 1.807) is 12.1 Å². The van der Waals surface area contributed by atoms with Gasteiger partial charge in [0.25, 0.3) is 0 Å². The Bertz CT molecular complexity index is 1020. The van der Waals surface area contributed by atoms with Gasteiger partial charge in [0.1, 0.15) is 5.75 Å². The van der Waals surface area contributed by atoms with Crippen molar-refractivity contribution in [3.05, 3.63) is 90.0 Å². The van der Waals surface area contributed by atoms with Gasteiger partial charge in [-0.15, -0.1) is 13.2 Å². The Hall–Kier alpha value is -3.04. The van der Waals surface area contributed by atoms with Gasteiger partial charge in [-0.2, -0.15) is 13.2 Å². The molecule has 1 unspecified atom stereocenters. The van der Waals surface area contributed by atoms with E-state index in [4.69, 9.17) is 0 Å². The molecular formula is C24H21F6NO2. The molecule has 0 aliphatic heterocycles. The first-order chi connectivity index (χ1) is 15.5. The van der Waals surface area contributed by atoms with Crippen molar-refractivity contribution >= 4 is 0 Å². The van der Waals surface area contributed by atoms with Crippen LogP contribution in [0.25, 0.3) is 11.1 Å². The lowest BCUT2D eigenvalue weighted by atomic mass is 10.0. The largest absolute Gasteiger partial charge is 0.573 e. The van der Waals surface area contributed by atoms with Gasteiger partial charge in [0.05, 0.1) is 0 Å². The van der Waals surface area contributed by atoms with Gasteiger partial charge < -0.3 is 9.84 Å². The molecule has 176 valence electrons. The average molecular weight is 469 g/mol. The third kappa shape index (κ3) is 7.80. The minimum absolute atomic E-state index is 0.0482. The van der Waals surface area contributed by atoms with E-state index in [1.165, 1.54) is 17.0 Å². The molecule has 3 nitrogen and oxygen atoms in total. The van der Waals surface area contributed by atoms with E-state index in [0.29, 0.717) is 11.1 Å². The fourth-order valence-corrected chi connectivity index (χ4v) is 3.32. The van der Waals surface area contributed by atoms with Gasteiger partial charge in [-0.1, -0.05) is 66.7 Å². The number of aliphatic hydroxyl groups excluding tert-OH is 1. The van der Waals surface area contributed by atoms with E-state index in [9.17, 15) is 31.4 Å². The molecule has 0 spiro atoms. The van der Waals surface area contributed by atoms with Crippen LogP contribution in [0, 0.1) is 0 Å².